The zero-order valence-corrected chi connectivity index (χ0v) is 6.84. The van der Waals surface area contributed by atoms with Gasteiger partial charge in [-0.1, -0.05) is 6.07 Å². The number of nitrogens with zero attached hydrogens (tertiary/aromatic N) is 1. The SMILES string of the molecule is O=C(Br)Cc1cccnc1. The number of rotatable bonds is 2. The highest BCUT2D eigenvalue weighted by atomic mass is 79.9. The third-order valence-corrected chi connectivity index (χ3v) is 1.35. The van der Waals surface area contributed by atoms with E-state index in [4.69, 9.17) is 0 Å². The van der Waals surface area contributed by atoms with E-state index in [1.807, 2.05) is 12.1 Å². The minimum Gasteiger partial charge on any atom is -0.286 e. The van der Waals surface area contributed by atoms with E-state index in [0.29, 0.717) is 6.42 Å². The van der Waals surface area contributed by atoms with Crippen LogP contribution in [0.25, 0.3) is 0 Å². The third-order valence-electron chi connectivity index (χ3n) is 1.07. The summed E-state index contributed by atoms with van der Waals surface area (Å²) in [6.07, 6.45) is 3.77. The van der Waals surface area contributed by atoms with Gasteiger partial charge < -0.3 is 0 Å². The number of pyridine rings is 1. The quantitative estimate of drug-likeness (QED) is 0.677. The van der Waals surface area contributed by atoms with Gasteiger partial charge in [-0.15, -0.1) is 0 Å². The second-order valence-electron chi connectivity index (χ2n) is 1.89. The monoisotopic (exact) mass is 199 g/mol. The van der Waals surface area contributed by atoms with Gasteiger partial charge in [0.2, 0.25) is 4.69 Å². The number of carbonyl (C=O) groups is 1. The number of carbonyl (C=O) groups excluding carboxylic acids is 1. The molecule has 0 spiro atoms. The maximum Gasteiger partial charge on any atom is 0.202 e. The van der Waals surface area contributed by atoms with Crippen molar-refractivity contribution in [3.05, 3.63) is 30.1 Å². The lowest BCUT2D eigenvalue weighted by molar-refractivity contribution is -0.109. The van der Waals surface area contributed by atoms with Crippen molar-refractivity contribution in [1.82, 2.24) is 4.98 Å². The van der Waals surface area contributed by atoms with Gasteiger partial charge in [0.25, 0.3) is 0 Å². The highest BCUT2D eigenvalue weighted by Gasteiger charge is 1.96. The molecule has 0 fully saturated rings. The molecule has 2 nitrogen and oxygen atoms in total. The topological polar surface area (TPSA) is 30.0 Å². The van der Waals surface area contributed by atoms with Crippen molar-refractivity contribution >= 4 is 20.6 Å². The summed E-state index contributed by atoms with van der Waals surface area (Å²) in [6, 6.07) is 3.68. The molecule has 1 aromatic rings. The molecule has 0 bridgehead atoms. The minimum absolute atomic E-state index is 0.0134. The summed E-state index contributed by atoms with van der Waals surface area (Å²) in [7, 11) is 0. The molecule has 1 rings (SSSR count). The average molecular weight is 200 g/mol. The van der Waals surface area contributed by atoms with E-state index in [1.54, 1.807) is 12.4 Å². The van der Waals surface area contributed by atoms with Gasteiger partial charge >= 0.3 is 0 Å². The van der Waals surface area contributed by atoms with Crippen molar-refractivity contribution in [3.8, 4) is 0 Å². The van der Waals surface area contributed by atoms with Crippen LogP contribution in [0.5, 0.6) is 0 Å². The van der Waals surface area contributed by atoms with Crippen LogP contribution in [-0.4, -0.2) is 9.68 Å². The molecule has 0 radical (unpaired) electrons. The van der Waals surface area contributed by atoms with Gasteiger partial charge in [-0.25, -0.2) is 0 Å². The Morgan fingerprint density at radius 3 is 3.00 bits per heavy atom. The van der Waals surface area contributed by atoms with Gasteiger partial charge in [0, 0.05) is 18.8 Å². The summed E-state index contributed by atoms with van der Waals surface area (Å²) in [5, 5.41) is 0. The Hall–Kier alpha value is -0.700. The first kappa shape index (κ1) is 7.41. The summed E-state index contributed by atoms with van der Waals surface area (Å²) in [6.45, 7) is 0. The zero-order chi connectivity index (χ0) is 7.40. The van der Waals surface area contributed by atoms with E-state index in [0.717, 1.165) is 5.56 Å². The molecule has 0 amide bonds. The van der Waals surface area contributed by atoms with Crippen molar-refractivity contribution in [3.63, 3.8) is 0 Å². The van der Waals surface area contributed by atoms with E-state index >= 15 is 0 Å². The Morgan fingerprint density at radius 1 is 1.70 bits per heavy atom. The van der Waals surface area contributed by atoms with Gasteiger partial charge in [-0.05, 0) is 27.6 Å². The molecule has 0 atom stereocenters. The van der Waals surface area contributed by atoms with Crippen molar-refractivity contribution in [2.75, 3.05) is 0 Å². The maximum atomic E-state index is 10.5. The Balaban J connectivity index is 2.67. The zero-order valence-electron chi connectivity index (χ0n) is 5.25. The van der Waals surface area contributed by atoms with Crippen LogP contribution in [0.15, 0.2) is 24.5 Å². The molecule has 0 N–H and O–H groups in total. The molecule has 0 saturated carbocycles. The second kappa shape index (κ2) is 3.46. The molecule has 0 aliphatic carbocycles. The molecule has 0 saturated heterocycles. The van der Waals surface area contributed by atoms with Crippen molar-refractivity contribution in [2.24, 2.45) is 0 Å². The molecule has 3 heteroatoms. The van der Waals surface area contributed by atoms with Gasteiger partial charge in [0.05, 0.1) is 0 Å². The lowest BCUT2D eigenvalue weighted by Gasteiger charge is -1.91. The molecule has 0 aromatic carbocycles. The molecule has 10 heavy (non-hydrogen) atoms. The first-order valence-electron chi connectivity index (χ1n) is 2.86. The highest BCUT2D eigenvalue weighted by molar-refractivity contribution is 9.18. The first-order valence-corrected chi connectivity index (χ1v) is 3.65. The van der Waals surface area contributed by atoms with Crippen molar-refractivity contribution in [1.29, 1.82) is 0 Å². The van der Waals surface area contributed by atoms with Crippen molar-refractivity contribution < 1.29 is 4.79 Å². The largest absolute Gasteiger partial charge is 0.286 e. The summed E-state index contributed by atoms with van der Waals surface area (Å²) in [5.41, 5.74) is 0.935. The van der Waals surface area contributed by atoms with Crippen LogP contribution < -0.4 is 0 Å². The predicted octanol–water partition coefficient (Wildman–Crippen LogP) is 1.55. The summed E-state index contributed by atoms with van der Waals surface area (Å²) in [4.78, 5) is 14.4. The van der Waals surface area contributed by atoms with Gasteiger partial charge in [-0.2, -0.15) is 0 Å². The fraction of sp³-hybridized carbons (Fsp3) is 0.143. The standard InChI is InChI=1S/C7H6BrNO/c8-7(10)4-6-2-1-3-9-5-6/h1-3,5H,4H2. The lowest BCUT2D eigenvalue weighted by Crippen LogP contribution is -1.92. The fourth-order valence-corrected chi connectivity index (χ4v) is 0.987. The van der Waals surface area contributed by atoms with E-state index in [-0.39, 0.29) is 4.69 Å². The molecule has 0 aliphatic rings. The Labute approximate surface area is 67.4 Å². The normalized spacial score (nSPS) is 9.30. The predicted molar refractivity (Wildman–Crippen MR) is 41.9 cm³/mol. The van der Waals surface area contributed by atoms with Crippen LogP contribution in [0, 0.1) is 0 Å². The Morgan fingerprint density at radius 2 is 2.50 bits per heavy atom. The van der Waals surface area contributed by atoms with Crippen LogP contribution in [-0.2, 0) is 11.2 Å². The van der Waals surface area contributed by atoms with Crippen LogP contribution in [0.3, 0.4) is 0 Å². The van der Waals surface area contributed by atoms with Crippen LogP contribution in [0.2, 0.25) is 0 Å². The molecular formula is C7H6BrNO. The van der Waals surface area contributed by atoms with Crippen molar-refractivity contribution in [2.45, 2.75) is 6.42 Å². The first-order chi connectivity index (χ1) is 4.79. The smallest absolute Gasteiger partial charge is 0.202 e. The Bertz CT molecular complexity index is 222. The second-order valence-corrected chi connectivity index (χ2v) is 2.78. The minimum atomic E-state index is -0.0134. The van der Waals surface area contributed by atoms with Gasteiger partial charge in [-0.3, -0.25) is 9.78 Å². The van der Waals surface area contributed by atoms with Crippen LogP contribution in [0.1, 0.15) is 5.56 Å². The number of hydrogen-bond donors (Lipinski definition) is 0. The molecular weight excluding hydrogens is 194 g/mol. The average Bonchev–Trinajstić information content (AvgIpc) is 1.88. The van der Waals surface area contributed by atoms with Crippen LogP contribution >= 0.6 is 15.9 Å². The number of hydrogen-bond acceptors (Lipinski definition) is 2. The fourth-order valence-electron chi connectivity index (χ4n) is 0.663. The summed E-state index contributed by atoms with van der Waals surface area (Å²) in [5.74, 6) is 0. The number of halogens is 1. The molecule has 0 aliphatic heterocycles. The summed E-state index contributed by atoms with van der Waals surface area (Å²) >= 11 is 2.84. The van der Waals surface area contributed by atoms with E-state index in [9.17, 15) is 4.79 Å². The Kier molecular flexibility index (Phi) is 2.57. The highest BCUT2D eigenvalue weighted by Crippen LogP contribution is 2.00. The lowest BCUT2D eigenvalue weighted by atomic mass is 10.2. The van der Waals surface area contributed by atoms with Crippen LogP contribution in [0.4, 0.5) is 0 Å². The summed E-state index contributed by atoms with van der Waals surface area (Å²) < 4.78 is -0.0134. The van der Waals surface area contributed by atoms with E-state index in [1.165, 1.54) is 0 Å². The van der Waals surface area contributed by atoms with Gasteiger partial charge in [0.1, 0.15) is 0 Å². The molecule has 0 unspecified atom stereocenters. The number of aromatic nitrogens is 1. The molecule has 1 heterocycles. The maximum absolute atomic E-state index is 10.5. The third kappa shape index (κ3) is 2.27. The van der Waals surface area contributed by atoms with E-state index < -0.39 is 0 Å². The molecule has 1 aromatic heterocycles. The van der Waals surface area contributed by atoms with Gasteiger partial charge in [0.15, 0.2) is 0 Å². The molecule has 52 valence electrons. The van der Waals surface area contributed by atoms with E-state index in [2.05, 4.69) is 20.9 Å².